The molecule has 1 fully saturated rings. The monoisotopic (exact) mass is 212 g/mol. The van der Waals surface area contributed by atoms with Gasteiger partial charge in [-0.15, -0.1) is 0 Å². The second kappa shape index (κ2) is 6.49. The highest BCUT2D eigenvalue weighted by Gasteiger charge is 2.17. The fourth-order valence-electron chi connectivity index (χ4n) is 2.16. The fraction of sp³-hybridized carbons (Fsp3) is 1.00. The second-order valence-electron chi connectivity index (χ2n) is 5.37. The van der Waals surface area contributed by atoms with Crippen LogP contribution >= 0.6 is 0 Å². The number of rotatable bonds is 5. The Morgan fingerprint density at radius 2 is 2.00 bits per heavy atom. The molecular weight excluding hydrogens is 184 g/mol. The van der Waals surface area contributed by atoms with Gasteiger partial charge in [-0.25, -0.2) is 0 Å². The van der Waals surface area contributed by atoms with E-state index in [0.29, 0.717) is 6.04 Å². The van der Waals surface area contributed by atoms with E-state index in [-0.39, 0.29) is 0 Å². The summed E-state index contributed by atoms with van der Waals surface area (Å²) >= 11 is 0. The standard InChI is InChI=1S/C13H28N2/c1-11(2)13(4)14-8-10-15-9-6-5-7-12(15)3/h11-14H,5-10H2,1-4H3. The molecule has 0 bridgehead atoms. The number of nitrogens with one attached hydrogen (secondary N) is 1. The van der Waals surface area contributed by atoms with E-state index in [1.807, 2.05) is 0 Å². The molecule has 0 aromatic carbocycles. The zero-order valence-corrected chi connectivity index (χ0v) is 10.9. The minimum atomic E-state index is 0.644. The topological polar surface area (TPSA) is 15.3 Å². The van der Waals surface area contributed by atoms with Gasteiger partial charge in [-0.3, -0.25) is 4.90 Å². The number of hydrogen-bond donors (Lipinski definition) is 1. The molecule has 15 heavy (non-hydrogen) atoms. The Morgan fingerprint density at radius 1 is 1.27 bits per heavy atom. The molecule has 90 valence electrons. The molecule has 2 nitrogen and oxygen atoms in total. The van der Waals surface area contributed by atoms with Crippen LogP contribution in [0.15, 0.2) is 0 Å². The van der Waals surface area contributed by atoms with E-state index in [4.69, 9.17) is 0 Å². The zero-order valence-electron chi connectivity index (χ0n) is 10.9. The minimum Gasteiger partial charge on any atom is -0.313 e. The van der Waals surface area contributed by atoms with Crippen molar-refractivity contribution in [3.05, 3.63) is 0 Å². The normalized spacial score (nSPS) is 25.8. The van der Waals surface area contributed by atoms with Crippen molar-refractivity contribution in [2.45, 2.75) is 59.0 Å². The Balaban J connectivity index is 2.13. The molecule has 1 saturated heterocycles. The van der Waals surface area contributed by atoms with Gasteiger partial charge in [0.05, 0.1) is 0 Å². The molecule has 0 amide bonds. The lowest BCUT2D eigenvalue weighted by Crippen LogP contribution is -2.43. The first-order valence-corrected chi connectivity index (χ1v) is 6.58. The van der Waals surface area contributed by atoms with Crippen LogP contribution in [0.1, 0.15) is 47.0 Å². The summed E-state index contributed by atoms with van der Waals surface area (Å²) in [6.45, 7) is 12.9. The lowest BCUT2D eigenvalue weighted by molar-refractivity contribution is 0.159. The zero-order chi connectivity index (χ0) is 11.3. The highest BCUT2D eigenvalue weighted by Crippen LogP contribution is 2.15. The highest BCUT2D eigenvalue weighted by atomic mass is 15.2. The van der Waals surface area contributed by atoms with Crippen LogP contribution in [0, 0.1) is 5.92 Å². The summed E-state index contributed by atoms with van der Waals surface area (Å²) in [5, 5.41) is 3.61. The fourth-order valence-corrected chi connectivity index (χ4v) is 2.16. The average Bonchev–Trinajstić information content (AvgIpc) is 2.20. The van der Waals surface area contributed by atoms with Crippen LogP contribution in [0.5, 0.6) is 0 Å². The van der Waals surface area contributed by atoms with E-state index in [9.17, 15) is 0 Å². The average molecular weight is 212 g/mol. The molecule has 0 spiro atoms. The second-order valence-corrected chi connectivity index (χ2v) is 5.37. The van der Waals surface area contributed by atoms with Crippen LogP contribution in [-0.4, -0.2) is 36.6 Å². The molecule has 1 heterocycles. The quantitative estimate of drug-likeness (QED) is 0.753. The Labute approximate surface area is 95.4 Å². The molecular formula is C13H28N2. The molecule has 1 aliphatic heterocycles. The number of likely N-dealkylation sites (tertiary alicyclic amines) is 1. The smallest absolute Gasteiger partial charge is 0.0110 e. The summed E-state index contributed by atoms with van der Waals surface area (Å²) in [4.78, 5) is 2.63. The van der Waals surface area contributed by atoms with Crippen LogP contribution in [0.2, 0.25) is 0 Å². The van der Waals surface area contributed by atoms with Crippen LogP contribution in [0.3, 0.4) is 0 Å². The lowest BCUT2D eigenvalue weighted by Gasteiger charge is -2.33. The van der Waals surface area contributed by atoms with Gasteiger partial charge in [0.15, 0.2) is 0 Å². The highest BCUT2D eigenvalue weighted by molar-refractivity contribution is 4.74. The van der Waals surface area contributed by atoms with Gasteiger partial charge in [-0.05, 0) is 39.2 Å². The van der Waals surface area contributed by atoms with E-state index < -0.39 is 0 Å². The van der Waals surface area contributed by atoms with Gasteiger partial charge in [-0.1, -0.05) is 20.3 Å². The molecule has 0 radical (unpaired) electrons. The first kappa shape index (κ1) is 13.0. The van der Waals surface area contributed by atoms with Crippen molar-refractivity contribution >= 4 is 0 Å². The van der Waals surface area contributed by atoms with Crippen molar-refractivity contribution in [3.8, 4) is 0 Å². The van der Waals surface area contributed by atoms with Gasteiger partial charge < -0.3 is 5.32 Å². The van der Waals surface area contributed by atoms with Gasteiger partial charge in [0, 0.05) is 25.2 Å². The molecule has 1 rings (SSSR count). The molecule has 1 N–H and O–H groups in total. The lowest BCUT2D eigenvalue weighted by atomic mass is 10.0. The Hall–Kier alpha value is -0.0800. The van der Waals surface area contributed by atoms with E-state index in [1.165, 1.54) is 32.4 Å². The summed E-state index contributed by atoms with van der Waals surface area (Å²) in [7, 11) is 0. The molecule has 2 unspecified atom stereocenters. The van der Waals surface area contributed by atoms with Gasteiger partial charge in [0.2, 0.25) is 0 Å². The van der Waals surface area contributed by atoms with Crippen molar-refractivity contribution < 1.29 is 0 Å². The van der Waals surface area contributed by atoms with Crippen LogP contribution in [0.25, 0.3) is 0 Å². The molecule has 0 aliphatic carbocycles. The largest absolute Gasteiger partial charge is 0.313 e. The maximum atomic E-state index is 3.61. The first-order valence-electron chi connectivity index (χ1n) is 6.58. The van der Waals surface area contributed by atoms with Gasteiger partial charge in [-0.2, -0.15) is 0 Å². The Kier molecular flexibility index (Phi) is 5.62. The maximum absolute atomic E-state index is 3.61. The van der Waals surface area contributed by atoms with Crippen LogP contribution in [0.4, 0.5) is 0 Å². The number of nitrogens with zero attached hydrogens (tertiary/aromatic N) is 1. The molecule has 0 aromatic rings. The van der Waals surface area contributed by atoms with E-state index >= 15 is 0 Å². The predicted octanol–water partition coefficient (Wildman–Crippen LogP) is 2.49. The first-order chi connectivity index (χ1) is 7.11. The van der Waals surface area contributed by atoms with Gasteiger partial charge in [0.25, 0.3) is 0 Å². The van der Waals surface area contributed by atoms with Gasteiger partial charge >= 0.3 is 0 Å². The van der Waals surface area contributed by atoms with Crippen molar-refractivity contribution in [2.24, 2.45) is 5.92 Å². The molecule has 0 aromatic heterocycles. The summed E-state index contributed by atoms with van der Waals surface area (Å²) in [5.74, 6) is 0.740. The van der Waals surface area contributed by atoms with Crippen LogP contribution < -0.4 is 5.32 Å². The number of hydrogen-bond acceptors (Lipinski definition) is 2. The molecule has 0 saturated carbocycles. The van der Waals surface area contributed by atoms with Crippen molar-refractivity contribution in [1.82, 2.24) is 10.2 Å². The van der Waals surface area contributed by atoms with Crippen molar-refractivity contribution in [3.63, 3.8) is 0 Å². The van der Waals surface area contributed by atoms with Crippen molar-refractivity contribution in [2.75, 3.05) is 19.6 Å². The molecule has 2 atom stereocenters. The van der Waals surface area contributed by atoms with Crippen molar-refractivity contribution in [1.29, 1.82) is 0 Å². The molecule has 2 heteroatoms. The van der Waals surface area contributed by atoms with E-state index in [2.05, 4.69) is 37.9 Å². The van der Waals surface area contributed by atoms with Crippen LogP contribution in [-0.2, 0) is 0 Å². The summed E-state index contributed by atoms with van der Waals surface area (Å²) in [6.07, 6.45) is 4.21. The summed E-state index contributed by atoms with van der Waals surface area (Å²) in [6, 6.07) is 1.44. The third-order valence-electron chi connectivity index (χ3n) is 3.81. The van der Waals surface area contributed by atoms with Gasteiger partial charge in [0.1, 0.15) is 0 Å². The molecule has 1 aliphatic rings. The number of piperidine rings is 1. The Morgan fingerprint density at radius 3 is 2.60 bits per heavy atom. The Bertz CT molecular complexity index is 168. The minimum absolute atomic E-state index is 0.644. The third-order valence-corrected chi connectivity index (χ3v) is 3.81. The third kappa shape index (κ3) is 4.52. The maximum Gasteiger partial charge on any atom is 0.0110 e. The predicted molar refractivity (Wildman–Crippen MR) is 67.2 cm³/mol. The summed E-state index contributed by atoms with van der Waals surface area (Å²) in [5.41, 5.74) is 0. The van der Waals surface area contributed by atoms with E-state index in [0.717, 1.165) is 18.5 Å². The van der Waals surface area contributed by atoms with E-state index in [1.54, 1.807) is 0 Å². The summed E-state index contributed by atoms with van der Waals surface area (Å²) < 4.78 is 0. The SMILES string of the molecule is CC(C)C(C)NCCN1CCCCC1C.